The van der Waals surface area contributed by atoms with Gasteiger partial charge < -0.3 is 11.1 Å². The average molecular weight is 245 g/mol. The van der Waals surface area contributed by atoms with Crippen LogP contribution >= 0.6 is 0 Å². The second kappa shape index (κ2) is 4.45. The Hall–Kier alpha value is -1.25. The molecule has 1 aliphatic heterocycles. The third kappa shape index (κ3) is 1.76. The summed E-state index contributed by atoms with van der Waals surface area (Å²) in [5.41, 5.74) is 8.78. The van der Waals surface area contributed by atoms with E-state index < -0.39 is 0 Å². The standard InChI is InChI=1S/C15H23N3/c1-3-4-5-11-9(2)8-10-6-7-12-13(10)14(11)18-15(16)17-12/h4-5,9-10,12-13H,3,6-8H2,1-2H3,(H3,16,17,18)/b5-4+/t9?,10-,12-,13+/m0/s1. The van der Waals surface area contributed by atoms with E-state index >= 15 is 0 Å². The first-order valence-corrected chi connectivity index (χ1v) is 7.21. The molecule has 0 aromatic heterocycles. The van der Waals surface area contributed by atoms with Crippen molar-refractivity contribution in [2.75, 3.05) is 0 Å². The molecule has 0 aromatic rings. The highest BCUT2D eigenvalue weighted by Crippen LogP contribution is 2.48. The molecule has 0 bridgehead atoms. The van der Waals surface area contributed by atoms with E-state index in [-0.39, 0.29) is 0 Å². The Bertz CT molecular complexity index is 433. The van der Waals surface area contributed by atoms with Crippen LogP contribution < -0.4 is 11.1 Å². The summed E-state index contributed by atoms with van der Waals surface area (Å²) in [5.74, 6) is 2.66. The van der Waals surface area contributed by atoms with Crippen LogP contribution in [0, 0.1) is 17.8 Å². The normalized spacial score (nSPS) is 38.7. The second-order valence-corrected chi connectivity index (χ2v) is 5.89. The van der Waals surface area contributed by atoms with Gasteiger partial charge in [0, 0.05) is 11.6 Å². The van der Waals surface area contributed by atoms with E-state index in [1.165, 1.54) is 30.5 Å². The topological polar surface area (TPSA) is 50.4 Å². The molecule has 0 spiro atoms. The first kappa shape index (κ1) is 11.8. The van der Waals surface area contributed by atoms with E-state index in [0.29, 0.717) is 23.8 Å². The van der Waals surface area contributed by atoms with Crippen LogP contribution in [0.1, 0.15) is 39.5 Å². The zero-order valence-electron chi connectivity index (χ0n) is 11.3. The Morgan fingerprint density at radius 2 is 2.28 bits per heavy atom. The Kier molecular flexibility index (Phi) is 2.92. The highest BCUT2D eigenvalue weighted by Gasteiger charge is 2.45. The van der Waals surface area contributed by atoms with Crippen molar-refractivity contribution in [1.82, 2.24) is 5.32 Å². The van der Waals surface area contributed by atoms with Gasteiger partial charge in [-0.1, -0.05) is 26.0 Å². The Balaban J connectivity index is 2.04. The van der Waals surface area contributed by atoms with Gasteiger partial charge in [0.15, 0.2) is 5.96 Å². The molecule has 3 rings (SSSR count). The van der Waals surface area contributed by atoms with Crippen molar-refractivity contribution in [3.05, 3.63) is 23.4 Å². The summed E-state index contributed by atoms with van der Waals surface area (Å²) in [6, 6.07) is 0.434. The van der Waals surface area contributed by atoms with Crippen molar-refractivity contribution in [3.63, 3.8) is 0 Å². The number of nitrogens with two attached hydrogens (primary N) is 1. The molecular weight excluding hydrogens is 222 g/mol. The lowest BCUT2D eigenvalue weighted by atomic mass is 9.73. The van der Waals surface area contributed by atoms with Crippen molar-refractivity contribution in [2.24, 2.45) is 28.5 Å². The molecule has 4 atom stereocenters. The SMILES string of the molecule is CC/C=C/C1=C2NC(N)=N[C@H]3CC[C@@H](CC1C)[C@@H]23. The van der Waals surface area contributed by atoms with Crippen LogP contribution in [0.3, 0.4) is 0 Å². The van der Waals surface area contributed by atoms with Gasteiger partial charge >= 0.3 is 0 Å². The fourth-order valence-electron chi connectivity index (χ4n) is 3.94. The third-order valence-corrected chi connectivity index (χ3v) is 4.69. The molecule has 0 radical (unpaired) electrons. The van der Waals surface area contributed by atoms with Crippen LogP contribution in [0.25, 0.3) is 0 Å². The summed E-state index contributed by atoms with van der Waals surface area (Å²) in [6.45, 7) is 4.52. The zero-order chi connectivity index (χ0) is 12.7. The van der Waals surface area contributed by atoms with Gasteiger partial charge in [-0.05, 0) is 43.1 Å². The fraction of sp³-hybridized carbons (Fsp3) is 0.667. The third-order valence-electron chi connectivity index (χ3n) is 4.69. The fourth-order valence-corrected chi connectivity index (χ4v) is 3.94. The van der Waals surface area contributed by atoms with Crippen molar-refractivity contribution in [1.29, 1.82) is 0 Å². The number of hydrogen-bond donors (Lipinski definition) is 2. The molecule has 1 fully saturated rings. The maximum atomic E-state index is 5.94. The zero-order valence-corrected chi connectivity index (χ0v) is 11.3. The molecular formula is C15H23N3. The molecule has 3 N–H and O–H groups in total. The highest BCUT2D eigenvalue weighted by molar-refractivity contribution is 5.81. The van der Waals surface area contributed by atoms with Crippen LogP contribution in [-0.2, 0) is 0 Å². The van der Waals surface area contributed by atoms with Gasteiger partial charge in [-0.15, -0.1) is 0 Å². The Morgan fingerprint density at radius 3 is 3.06 bits per heavy atom. The average Bonchev–Trinajstić information content (AvgIpc) is 2.72. The lowest BCUT2D eigenvalue weighted by Gasteiger charge is -2.38. The summed E-state index contributed by atoms with van der Waals surface area (Å²) < 4.78 is 0. The number of hydrogen-bond acceptors (Lipinski definition) is 3. The van der Waals surface area contributed by atoms with Gasteiger partial charge in [-0.25, -0.2) is 4.99 Å². The minimum Gasteiger partial charge on any atom is -0.370 e. The summed E-state index contributed by atoms with van der Waals surface area (Å²) in [7, 11) is 0. The lowest BCUT2D eigenvalue weighted by Crippen LogP contribution is -2.45. The lowest BCUT2D eigenvalue weighted by molar-refractivity contribution is 0.309. The predicted molar refractivity (Wildman–Crippen MR) is 75.0 cm³/mol. The van der Waals surface area contributed by atoms with E-state index in [1.54, 1.807) is 0 Å². The number of nitrogens with one attached hydrogen (secondary N) is 1. The summed E-state index contributed by atoms with van der Waals surface area (Å²) in [6.07, 6.45) is 9.48. The molecule has 3 aliphatic rings. The largest absolute Gasteiger partial charge is 0.370 e. The van der Waals surface area contributed by atoms with E-state index in [1.807, 2.05) is 0 Å². The van der Waals surface area contributed by atoms with Crippen LogP contribution in [0.4, 0.5) is 0 Å². The van der Waals surface area contributed by atoms with Crippen LogP contribution in [0.5, 0.6) is 0 Å². The van der Waals surface area contributed by atoms with Crippen molar-refractivity contribution < 1.29 is 0 Å². The number of guanidine groups is 1. The summed E-state index contributed by atoms with van der Waals surface area (Å²) in [4.78, 5) is 4.59. The predicted octanol–water partition coefficient (Wildman–Crippen LogP) is 2.56. The van der Waals surface area contributed by atoms with Gasteiger partial charge in [0.1, 0.15) is 0 Å². The molecule has 3 nitrogen and oxygen atoms in total. The maximum absolute atomic E-state index is 5.94. The van der Waals surface area contributed by atoms with Gasteiger partial charge in [-0.3, -0.25) is 0 Å². The summed E-state index contributed by atoms with van der Waals surface area (Å²) >= 11 is 0. The van der Waals surface area contributed by atoms with Gasteiger partial charge in [0.2, 0.25) is 0 Å². The minimum atomic E-state index is 0.434. The van der Waals surface area contributed by atoms with Crippen LogP contribution in [-0.4, -0.2) is 12.0 Å². The quantitative estimate of drug-likeness (QED) is 0.785. The molecule has 0 amide bonds. The summed E-state index contributed by atoms with van der Waals surface area (Å²) in [5, 5.41) is 3.36. The van der Waals surface area contributed by atoms with Crippen LogP contribution in [0.2, 0.25) is 0 Å². The number of nitrogens with zero attached hydrogens (tertiary/aromatic N) is 1. The van der Waals surface area contributed by atoms with Gasteiger partial charge in [-0.2, -0.15) is 0 Å². The first-order chi connectivity index (χ1) is 8.70. The monoisotopic (exact) mass is 245 g/mol. The molecule has 1 saturated carbocycles. The number of allylic oxidation sites excluding steroid dienone is 3. The molecule has 18 heavy (non-hydrogen) atoms. The molecule has 0 aromatic carbocycles. The maximum Gasteiger partial charge on any atom is 0.193 e. The molecule has 0 saturated heterocycles. The van der Waals surface area contributed by atoms with E-state index in [4.69, 9.17) is 5.73 Å². The van der Waals surface area contributed by atoms with Crippen LogP contribution in [0.15, 0.2) is 28.4 Å². The van der Waals surface area contributed by atoms with Gasteiger partial charge in [0.05, 0.1) is 6.04 Å². The van der Waals surface area contributed by atoms with Crippen molar-refractivity contribution >= 4 is 5.96 Å². The smallest absolute Gasteiger partial charge is 0.193 e. The van der Waals surface area contributed by atoms with E-state index in [9.17, 15) is 0 Å². The Morgan fingerprint density at radius 1 is 1.44 bits per heavy atom. The molecule has 2 aliphatic carbocycles. The van der Waals surface area contributed by atoms with Gasteiger partial charge in [0.25, 0.3) is 0 Å². The van der Waals surface area contributed by atoms with E-state index in [2.05, 4.69) is 36.3 Å². The number of aliphatic imine (C=N–C) groups is 1. The van der Waals surface area contributed by atoms with Crippen molar-refractivity contribution in [3.8, 4) is 0 Å². The Labute approximate surface area is 109 Å². The first-order valence-electron chi connectivity index (χ1n) is 7.21. The molecule has 3 heteroatoms. The second-order valence-electron chi connectivity index (χ2n) is 5.89. The molecule has 1 heterocycles. The van der Waals surface area contributed by atoms with Crippen molar-refractivity contribution in [2.45, 2.75) is 45.6 Å². The van der Waals surface area contributed by atoms with E-state index in [0.717, 1.165) is 12.3 Å². The molecule has 1 unspecified atom stereocenters. The number of rotatable bonds is 2. The molecule has 98 valence electrons. The minimum absolute atomic E-state index is 0.434. The highest BCUT2D eigenvalue weighted by atomic mass is 15.2.